The predicted molar refractivity (Wildman–Crippen MR) is 92.0 cm³/mol. The average molecular weight is 344 g/mol. The molecule has 126 valence electrons. The van der Waals surface area contributed by atoms with E-state index < -0.39 is 0 Å². The number of benzene rings is 1. The number of thiophene rings is 1. The van der Waals surface area contributed by atoms with Crippen LogP contribution in [-0.2, 0) is 9.53 Å². The molecule has 24 heavy (non-hydrogen) atoms. The van der Waals surface area contributed by atoms with Gasteiger partial charge >= 0.3 is 0 Å². The quantitative estimate of drug-likeness (QED) is 0.785. The zero-order valence-electron chi connectivity index (χ0n) is 13.1. The van der Waals surface area contributed by atoms with E-state index in [1.807, 2.05) is 46.7 Å². The van der Waals surface area contributed by atoms with E-state index in [9.17, 15) is 4.79 Å². The van der Waals surface area contributed by atoms with Crippen LogP contribution in [0.4, 0.5) is 0 Å². The molecule has 3 atom stereocenters. The monoisotopic (exact) mass is 344 g/mol. The first-order valence-electron chi connectivity index (χ1n) is 8.08. The minimum atomic E-state index is -0.338. The standard InChI is InChI=1S/C17H20N4O2S/c22-17(16-15(18-20-19-16)12-5-2-1-3-6-12)21-8-9-23-13(11-21)14-7-4-10-24-14/h1-7,10,13,15-16,18-20H,8-9,11H2. The number of morpholine rings is 1. The summed E-state index contributed by atoms with van der Waals surface area (Å²) in [5.41, 5.74) is 10.2. The van der Waals surface area contributed by atoms with Crippen molar-refractivity contribution in [3.8, 4) is 0 Å². The molecule has 3 unspecified atom stereocenters. The van der Waals surface area contributed by atoms with E-state index in [0.717, 1.165) is 5.56 Å². The summed E-state index contributed by atoms with van der Waals surface area (Å²) in [5, 5.41) is 2.04. The highest BCUT2D eigenvalue weighted by molar-refractivity contribution is 7.10. The zero-order chi connectivity index (χ0) is 16.4. The third-order valence-corrected chi connectivity index (χ3v) is 5.42. The Balaban J connectivity index is 1.48. The number of hydrogen-bond donors (Lipinski definition) is 3. The molecule has 7 heteroatoms. The van der Waals surface area contributed by atoms with Gasteiger partial charge < -0.3 is 9.64 Å². The van der Waals surface area contributed by atoms with E-state index in [4.69, 9.17) is 4.74 Å². The minimum absolute atomic E-state index is 0.0276. The second kappa shape index (κ2) is 7.00. The Morgan fingerprint density at radius 1 is 1.17 bits per heavy atom. The van der Waals surface area contributed by atoms with Crippen LogP contribution in [0.5, 0.6) is 0 Å². The number of hydrazine groups is 2. The van der Waals surface area contributed by atoms with Crippen molar-refractivity contribution < 1.29 is 9.53 Å². The highest BCUT2D eigenvalue weighted by atomic mass is 32.1. The summed E-state index contributed by atoms with van der Waals surface area (Å²) in [5.74, 6) is 0.0891. The zero-order valence-corrected chi connectivity index (χ0v) is 14.0. The SMILES string of the molecule is O=C(C1NNNC1c1ccccc1)N1CCOC(c2cccs2)C1. The molecule has 2 aromatic rings. The number of nitrogens with one attached hydrogen (secondary N) is 3. The van der Waals surface area contributed by atoms with Gasteiger partial charge in [-0.3, -0.25) is 4.79 Å². The van der Waals surface area contributed by atoms with Crippen LogP contribution >= 0.6 is 11.3 Å². The predicted octanol–water partition coefficient (Wildman–Crippen LogP) is 1.37. The number of carbonyl (C=O) groups is 1. The van der Waals surface area contributed by atoms with Crippen molar-refractivity contribution in [2.75, 3.05) is 19.7 Å². The first-order chi connectivity index (χ1) is 11.8. The van der Waals surface area contributed by atoms with Gasteiger partial charge in [0, 0.05) is 11.4 Å². The van der Waals surface area contributed by atoms with Gasteiger partial charge in [-0.1, -0.05) is 36.4 Å². The Hall–Kier alpha value is -1.77. The summed E-state index contributed by atoms with van der Waals surface area (Å²) in [6.07, 6.45) is -0.0276. The third kappa shape index (κ3) is 3.09. The first-order valence-corrected chi connectivity index (χ1v) is 8.96. The van der Waals surface area contributed by atoms with Gasteiger partial charge in [-0.25, -0.2) is 10.9 Å². The van der Waals surface area contributed by atoms with Crippen LogP contribution in [-0.4, -0.2) is 36.5 Å². The van der Waals surface area contributed by atoms with Crippen LogP contribution in [0.25, 0.3) is 0 Å². The van der Waals surface area contributed by atoms with Gasteiger partial charge in [0.25, 0.3) is 0 Å². The average Bonchev–Trinajstić information content (AvgIpc) is 3.34. The van der Waals surface area contributed by atoms with E-state index >= 15 is 0 Å². The molecule has 2 aliphatic heterocycles. The fraction of sp³-hybridized carbons (Fsp3) is 0.353. The molecular formula is C17H20N4O2S. The van der Waals surface area contributed by atoms with Crippen LogP contribution in [0.15, 0.2) is 47.8 Å². The second-order valence-corrected chi connectivity index (χ2v) is 6.92. The maximum absolute atomic E-state index is 13.0. The summed E-state index contributed by atoms with van der Waals surface area (Å²) in [7, 11) is 0. The molecule has 1 aromatic heterocycles. The van der Waals surface area contributed by atoms with Crippen molar-refractivity contribution >= 4 is 17.2 Å². The second-order valence-electron chi connectivity index (χ2n) is 5.94. The van der Waals surface area contributed by atoms with Gasteiger partial charge in [0.15, 0.2) is 0 Å². The van der Waals surface area contributed by atoms with E-state index in [1.165, 1.54) is 4.88 Å². The number of hydrogen-bond acceptors (Lipinski definition) is 6. The fourth-order valence-electron chi connectivity index (χ4n) is 3.20. The fourth-order valence-corrected chi connectivity index (χ4v) is 3.96. The molecule has 2 saturated heterocycles. The van der Waals surface area contributed by atoms with E-state index in [1.54, 1.807) is 11.3 Å². The van der Waals surface area contributed by atoms with Crippen molar-refractivity contribution in [3.05, 3.63) is 58.3 Å². The molecule has 1 amide bonds. The van der Waals surface area contributed by atoms with Crippen molar-refractivity contribution in [1.82, 2.24) is 21.3 Å². The molecule has 2 fully saturated rings. The molecule has 3 heterocycles. The Labute approximate surface area is 144 Å². The molecule has 0 bridgehead atoms. The molecule has 0 spiro atoms. The van der Waals surface area contributed by atoms with E-state index in [-0.39, 0.29) is 24.1 Å². The Morgan fingerprint density at radius 2 is 2.04 bits per heavy atom. The first kappa shape index (κ1) is 15.7. The number of rotatable bonds is 3. The van der Waals surface area contributed by atoms with Crippen molar-refractivity contribution in [3.63, 3.8) is 0 Å². The molecule has 4 rings (SSSR count). The lowest BCUT2D eigenvalue weighted by Gasteiger charge is -2.34. The topological polar surface area (TPSA) is 65.6 Å². The number of nitrogens with zero attached hydrogens (tertiary/aromatic N) is 1. The van der Waals surface area contributed by atoms with Crippen LogP contribution in [0.1, 0.15) is 22.6 Å². The van der Waals surface area contributed by atoms with Gasteiger partial charge in [0.1, 0.15) is 12.1 Å². The molecule has 3 N–H and O–H groups in total. The summed E-state index contributed by atoms with van der Waals surface area (Å²) in [6.45, 7) is 1.79. The van der Waals surface area contributed by atoms with Crippen LogP contribution < -0.4 is 16.4 Å². The Bertz CT molecular complexity index is 679. The van der Waals surface area contributed by atoms with E-state index in [0.29, 0.717) is 19.7 Å². The lowest BCUT2D eigenvalue weighted by Crippen LogP contribution is -2.51. The maximum atomic E-state index is 13.0. The molecule has 0 radical (unpaired) electrons. The number of amides is 1. The maximum Gasteiger partial charge on any atom is 0.243 e. The summed E-state index contributed by atoms with van der Waals surface area (Å²) in [6, 6.07) is 13.6. The van der Waals surface area contributed by atoms with Gasteiger partial charge in [0.2, 0.25) is 5.91 Å². The Kier molecular flexibility index (Phi) is 4.59. The molecule has 0 saturated carbocycles. The minimum Gasteiger partial charge on any atom is -0.369 e. The largest absolute Gasteiger partial charge is 0.369 e. The molecule has 0 aliphatic carbocycles. The lowest BCUT2D eigenvalue weighted by atomic mass is 9.99. The molecule has 2 aliphatic rings. The van der Waals surface area contributed by atoms with Gasteiger partial charge in [0.05, 0.1) is 19.2 Å². The van der Waals surface area contributed by atoms with Crippen molar-refractivity contribution in [2.45, 2.75) is 18.2 Å². The third-order valence-electron chi connectivity index (χ3n) is 4.45. The Morgan fingerprint density at radius 3 is 2.83 bits per heavy atom. The smallest absolute Gasteiger partial charge is 0.243 e. The summed E-state index contributed by atoms with van der Waals surface area (Å²) < 4.78 is 5.84. The molecular weight excluding hydrogens is 324 g/mol. The van der Waals surface area contributed by atoms with Crippen molar-refractivity contribution in [1.29, 1.82) is 0 Å². The molecule has 6 nitrogen and oxygen atoms in total. The van der Waals surface area contributed by atoms with Crippen LogP contribution in [0.2, 0.25) is 0 Å². The van der Waals surface area contributed by atoms with Gasteiger partial charge in [-0.15, -0.1) is 11.3 Å². The highest BCUT2D eigenvalue weighted by Gasteiger charge is 2.38. The number of carbonyl (C=O) groups excluding carboxylic acids is 1. The summed E-state index contributed by atoms with van der Waals surface area (Å²) in [4.78, 5) is 16.1. The van der Waals surface area contributed by atoms with Crippen LogP contribution in [0, 0.1) is 0 Å². The number of ether oxygens (including phenoxy) is 1. The van der Waals surface area contributed by atoms with Gasteiger partial charge in [-0.05, 0) is 17.0 Å². The highest BCUT2D eigenvalue weighted by Crippen LogP contribution is 2.27. The summed E-state index contributed by atoms with van der Waals surface area (Å²) >= 11 is 1.67. The lowest BCUT2D eigenvalue weighted by molar-refractivity contribution is -0.141. The van der Waals surface area contributed by atoms with Crippen LogP contribution in [0.3, 0.4) is 0 Å². The molecule has 1 aromatic carbocycles. The normalized spacial score (nSPS) is 27.3. The van der Waals surface area contributed by atoms with E-state index in [2.05, 4.69) is 22.5 Å². The van der Waals surface area contributed by atoms with Crippen molar-refractivity contribution in [2.24, 2.45) is 0 Å². The van der Waals surface area contributed by atoms with Gasteiger partial charge in [-0.2, -0.15) is 5.53 Å².